The average Bonchev–Trinajstić information content (AvgIpc) is 2.71. The third-order valence-corrected chi connectivity index (χ3v) is 6.38. The molecule has 7 heteroatoms. The number of imide groups is 2. The van der Waals surface area contributed by atoms with Crippen LogP contribution in [0.1, 0.15) is 44.4 Å². The number of anilines is 2. The fourth-order valence-corrected chi connectivity index (χ4v) is 4.83. The molecule has 2 aliphatic heterocycles. The summed E-state index contributed by atoms with van der Waals surface area (Å²) in [5.41, 5.74) is 5.06. The maximum atomic E-state index is 13.2. The van der Waals surface area contributed by atoms with Crippen LogP contribution in [0.25, 0.3) is 11.6 Å². The molecule has 4 amide bonds. The van der Waals surface area contributed by atoms with E-state index in [9.17, 15) is 14.4 Å². The van der Waals surface area contributed by atoms with Crippen LogP contribution in [0.2, 0.25) is 5.02 Å². The molecule has 0 aromatic heterocycles. The number of allylic oxidation sites excluding steroid dienone is 1. The molecule has 170 valence electrons. The molecule has 2 heterocycles. The molecule has 0 aliphatic carbocycles. The highest BCUT2D eigenvalue weighted by molar-refractivity contribution is 6.39. The maximum absolute atomic E-state index is 13.2. The van der Waals surface area contributed by atoms with Crippen molar-refractivity contribution in [2.45, 2.75) is 40.2 Å². The number of hydrogen-bond donors (Lipinski definition) is 1. The number of likely N-dealkylation sites (N-methyl/N-ethyl adjacent to an activating group) is 1. The van der Waals surface area contributed by atoms with E-state index in [4.69, 9.17) is 11.6 Å². The van der Waals surface area contributed by atoms with Gasteiger partial charge >= 0.3 is 6.03 Å². The number of halogens is 1. The lowest BCUT2D eigenvalue weighted by molar-refractivity contribution is -0.122. The third kappa shape index (κ3) is 3.95. The Bertz CT molecular complexity index is 1260. The predicted molar refractivity (Wildman–Crippen MR) is 132 cm³/mol. The zero-order valence-electron chi connectivity index (χ0n) is 19.3. The molecule has 2 aromatic carbocycles. The van der Waals surface area contributed by atoms with Crippen molar-refractivity contribution in [3.05, 3.63) is 69.8 Å². The summed E-state index contributed by atoms with van der Waals surface area (Å²) >= 11 is 6.04. The Kier molecular flexibility index (Phi) is 5.66. The second kappa shape index (κ2) is 8.19. The number of hydrogen-bond acceptors (Lipinski definition) is 4. The highest BCUT2D eigenvalue weighted by Gasteiger charge is 2.37. The van der Waals surface area contributed by atoms with E-state index in [-0.39, 0.29) is 11.1 Å². The molecular formula is C26H26ClN3O3. The molecule has 0 radical (unpaired) electrons. The smallest absolute Gasteiger partial charge is 0.335 e. The molecule has 2 aromatic rings. The fraction of sp³-hybridized carbons (Fsp3) is 0.269. The van der Waals surface area contributed by atoms with Crippen LogP contribution in [0.3, 0.4) is 0 Å². The zero-order valence-corrected chi connectivity index (χ0v) is 20.1. The van der Waals surface area contributed by atoms with Gasteiger partial charge in [-0.05, 0) is 87.7 Å². The molecule has 1 N–H and O–H groups in total. The Morgan fingerprint density at radius 1 is 1.09 bits per heavy atom. The summed E-state index contributed by atoms with van der Waals surface area (Å²) in [6.45, 7) is 11.4. The predicted octanol–water partition coefficient (Wildman–Crippen LogP) is 5.34. The monoisotopic (exact) mass is 463 g/mol. The van der Waals surface area contributed by atoms with Gasteiger partial charge in [-0.25, -0.2) is 9.69 Å². The van der Waals surface area contributed by atoms with Crippen molar-refractivity contribution in [3.8, 4) is 0 Å². The lowest BCUT2D eigenvalue weighted by atomic mass is 9.86. The Morgan fingerprint density at radius 2 is 1.82 bits per heavy atom. The Hall–Kier alpha value is -3.38. The normalized spacial score (nSPS) is 18.9. The van der Waals surface area contributed by atoms with Gasteiger partial charge in [0, 0.05) is 22.8 Å². The van der Waals surface area contributed by atoms with Crippen molar-refractivity contribution >= 4 is 52.5 Å². The zero-order chi connectivity index (χ0) is 24.1. The largest absolute Gasteiger partial charge is 0.363 e. The van der Waals surface area contributed by atoms with Crippen LogP contribution in [0.5, 0.6) is 0 Å². The van der Waals surface area contributed by atoms with Crippen LogP contribution in [-0.2, 0) is 9.59 Å². The van der Waals surface area contributed by atoms with Gasteiger partial charge in [0.05, 0.1) is 11.2 Å². The van der Waals surface area contributed by atoms with E-state index in [0.29, 0.717) is 10.7 Å². The van der Waals surface area contributed by atoms with E-state index in [2.05, 4.69) is 50.1 Å². The minimum Gasteiger partial charge on any atom is -0.363 e. The first-order chi connectivity index (χ1) is 15.5. The Labute approximate surface area is 198 Å². The first-order valence-electron chi connectivity index (χ1n) is 10.8. The van der Waals surface area contributed by atoms with E-state index in [1.807, 2.05) is 13.0 Å². The van der Waals surface area contributed by atoms with Crippen molar-refractivity contribution in [2.24, 2.45) is 0 Å². The molecule has 0 spiro atoms. The summed E-state index contributed by atoms with van der Waals surface area (Å²) in [6.07, 6.45) is 3.78. The van der Waals surface area contributed by atoms with Gasteiger partial charge in [0.15, 0.2) is 0 Å². The van der Waals surface area contributed by atoms with Crippen LogP contribution < -0.4 is 15.1 Å². The molecule has 2 aliphatic rings. The van der Waals surface area contributed by atoms with Gasteiger partial charge in [0.25, 0.3) is 11.8 Å². The van der Waals surface area contributed by atoms with Gasteiger partial charge in [-0.2, -0.15) is 0 Å². The standard InChI is InChI=1S/C26H26ClN3O3/c1-6-29-22-10-15(2)17(11-20(22)16(3)14-26(29,4)5)12-21-23(31)28-25(33)30(24(21)32)19-9-7-8-18(27)13-19/h7-14H,6H2,1-5H3,(H,28,31,33)/b21-12+. The average molecular weight is 464 g/mol. The molecule has 1 saturated heterocycles. The number of benzene rings is 2. The van der Waals surface area contributed by atoms with Crippen LogP contribution in [-0.4, -0.2) is 29.9 Å². The molecule has 33 heavy (non-hydrogen) atoms. The number of barbiturate groups is 1. The number of carbonyl (C=O) groups excluding carboxylic acids is 3. The van der Waals surface area contributed by atoms with Crippen LogP contribution in [0.4, 0.5) is 16.2 Å². The van der Waals surface area contributed by atoms with Gasteiger partial charge in [-0.15, -0.1) is 0 Å². The summed E-state index contributed by atoms with van der Waals surface area (Å²) < 4.78 is 0. The van der Waals surface area contributed by atoms with Gasteiger partial charge in [-0.3, -0.25) is 14.9 Å². The topological polar surface area (TPSA) is 69.7 Å². The van der Waals surface area contributed by atoms with Gasteiger partial charge in [0.2, 0.25) is 0 Å². The lowest BCUT2D eigenvalue weighted by Gasteiger charge is -2.43. The van der Waals surface area contributed by atoms with E-state index < -0.39 is 17.8 Å². The number of aryl methyl sites for hydroxylation is 1. The van der Waals surface area contributed by atoms with Gasteiger partial charge in [0.1, 0.15) is 5.57 Å². The van der Waals surface area contributed by atoms with Crippen molar-refractivity contribution < 1.29 is 14.4 Å². The number of amides is 4. The summed E-state index contributed by atoms with van der Waals surface area (Å²) in [7, 11) is 0. The van der Waals surface area contributed by atoms with Crippen molar-refractivity contribution in [1.29, 1.82) is 0 Å². The molecular weight excluding hydrogens is 438 g/mol. The number of carbonyl (C=O) groups is 3. The second-order valence-corrected chi connectivity index (χ2v) is 9.33. The fourth-order valence-electron chi connectivity index (χ4n) is 4.64. The summed E-state index contributed by atoms with van der Waals surface area (Å²) in [5, 5.41) is 2.64. The molecule has 4 rings (SSSR count). The Morgan fingerprint density at radius 3 is 2.48 bits per heavy atom. The van der Waals surface area contributed by atoms with E-state index >= 15 is 0 Å². The molecule has 0 bridgehead atoms. The minimum atomic E-state index is -0.800. The van der Waals surface area contributed by atoms with Gasteiger partial charge in [-0.1, -0.05) is 23.7 Å². The van der Waals surface area contributed by atoms with Crippen LogP contribution >= 0.6 is 11.6 Å². The van der Waals surface area contributed by atoms with Gasteiger partial charge < -0.3 is 4.90 Å². The van der Waals surface area contributed by atoms with Crippen molar-refractivity contribution in [3.63, 3.8) is 0 Å². The highest BCUT2D eigenvalue weighted by Crippen LogP contribution is 2.40. The number of urea groups is 1. The van der Waals surface area contributed by atoms with Crippen molar-refractivity contribution in [1.82, 2.24) is 5.32 Å². The van der Waals surface area contributed by atoms with Crippen LogP contribution in [0.15, 0.2) is 48.0 Å². The van der Waals surface area contributed by atoms with E-state index in [1.54, 1.807) is 24.3 Å². The molecule has 0 unspecified atom stereocenters. The summed E-state index contributed by atoms with van der Waals surface area (Å²) in [5.74, 6) is -1.41. The third-order valence-electron chi connectivity index (χ3n) is 6.15. The molecule has 6 nitrogen and oxygen atoms in total. The number of nitrogens with zero attached hydrogens (tertiary/aromatic N) is 2. The van der Waals surface area contributed by atoms with Crippen molar-refractivity contribution in [2.75, 3.05) is 16.3 Å². The molecule has 0 atom stereocenters. The minimum absolute atomic E-state index is 0.109. The quantitative estimate of drug-likeness (QED) is 0.493. The molecule has 1 fully saturated rings. The number of nitrogens with one attached hydrogen (secondary N) is 1. The lowest BCUT2D eigenvalue weighted by Crippen LogP contribution is -2.54. The number of rotatable bonds is 3. The van der Waals surface area contributed by atoms with E-state index in [0.717, 1.165) is 39.4 Å². The summed E-state index contributed by atoms with van der Waals surface area (Å²) in [6, 6.07) is 9.68. The SMILES string of the molecule is CCN1c2cc(C)c(/C=C3\C(=O)NC(=O)N(c4cccc(Cl)c4)C3=O)cc2C(C)=CC1(C)C. The first kappa shape index (κ1) is 22.8. The Balaban J connectivity index is 1.80. The van der Waals surface area contributed by atoms with Crippen LogP contribution in [0, 0.1) is 6.92 Å². The number of fused-ring (bicyclic) bond motifs is 1. The van der Waals surface area contributed by atoms with E-state index in [1.165, 1.54) is 6.07 Å². The molecule has 0 saturated carbocycles. The first-order valence-corrected chi connectivity index (χ1v) is 11.2. The maximum Gasteiger partial charge on any atom is 0.335 e. The summed E-state index contributed by atoms with van der Waals surface area (Å²) in [4.78, 5) is 41.5. The highest BCUT2D eigenvalue weighted by atomic mass is 35.5. The second-order valence-electron chi connectivity index (χ2n) is 8.89.